The summed E-state index contributed by atoms with van der Waals surface area (Å²) in [6.45, 7) is 9.76. The van der Waals surface area contributed by atoms with Crippen molar-refractivity contribution in [3.05, 3.63) is 59.2 Å². The standard InChI is InChI=1S/C25H29N5O2S/c1-17(2)26-22-7-12-30(27-22)24(32)28-13-9-25(10-14-28)8-4-11-29(25)23(31)21-16-19-6-5-18(3)15-20(19)33-21/h5-7,12,15-16H,1,4,8-11,13-14H2,2-3H3,(H,26,27). The Bertz CT molecular complexity index is 1230. The lowest BCUT2D eigenvalue weighted by atomic mass is 9.85. The molecule has 1 N–H and O–H groups in total. The number of thiophene rings is 1. The fourth-order valence-corrected chi connectivity index (χ4v) is 6.24. The van der Waals surface area contributed by atoms with E-state index in [1.165, 1.54) is 10.2 Å². The van der Waals surface area contributed by atoms with Gasteiger partial charge in [-0.3, -0.25) is 4.79 Å². The SMILES string of the molecule is C=C(C)Nc1ccn(C(=O)N2CCC3(CCCN3C(=O)c3cc4ccc(C)cc4s3)CC2)n1. The minimum Gasteiger partial charge on any atom is -0.343 e. The minimum atomic E-state index is -0.156. The number of hydrogen-bond acceptors (Lipinski definition) is 5. The molecule has 2 saturated heterocycles. The Hall–Kier alpha value is -3.13. The quantitative estimate of drug-likeness (QED) is 0.587. The molecule has 0 aliphatic carbocycles. The maximum Gasteiger partial charge on any atom is 0.344 e. The zero-order valence-electron chi connectivity index (χ0n) is 19.1. The van der Waals surface area contributed by atoms with Crippen LogP contribution in [0.25, 0.3) is 10.1 Å². The number of nitrogens with zero attached hydrogens (tertiary/aromatic N) is 4. The number of benzene rings is 1. The lowest BCUT2D eigenvalue weighted by Crippen LogP contribution is -2.55. The van der Waals surface area contributed by atoms with Crippen molar-refractivity contribution in [1.82, 2.24) is 19.6 Å². The second-order valence-electron chi connectivity index (χ2n) is 9.26. The molecule has 2 amide bonds. The van der Waals surface area contributed by atoms with Crippen molar-refractivity contribution < 1.29 is 9.59 Å². The molecule has 4 heterocycles. The summed E-state index contributed by atoms with van der Waals surface area (Å²) in [6.07, 6.45) is 5.28. The summed E-state index contributed by atoms with van der Waals surface area (Å²) in [4.78, 5) is 31.2. The number of hydrogen-bond donors (Lipinski definition) is 1. The highest BCUT2D eigenvalue weighted by atomic mass is 32.1. The van der Waals surface area contributed by atoms with E-state index in [1.807, 2.05) is 17.9 Å². The second kappa shape index (κ2) is 8.33. The molecule has 0 saturated carbocycles. The van der Waals surface area contributed by atoms with Gasteiger partial charge >= 0.3 is 6.03 Å². The van der Waals surface area contributed by atoms with Crippen LogP contribution in [0.15, 0.2) is 48.8 Å². The Morgan fingerprint density at radius 1 is 1.12 bits per heavy atom. The summed E-state index contributed by atoms with van der Waals surface area (Å²) in [5.41, 5.74) is 1.82. The summed E-state index contributed by atoms with van der Waals surface area (Å²) >= 11 is 1.58. The minimum absolute atomic E-state index is 0.129. The van der Waals surface area contributed by atoms with Crippen LogP contribution in [0.4, 0.5) is 10.6 Å². The van der Waals surface area contributed by atoms with Crippen LogP contribution in [-0.2, 0) is 0 Å². The average molecular weight is 464 g/mol. The van der Waals surface area contributed by atoms with Gasteiger partial charge in [-0.05, 0) is 62.6 Å². The zero-order valence-corrected chi connectivity index (χ0v) is 20.0. The number of aryl methyl sites for hydroxylation is 1. The number of carbonyl (C=O) groups is 2. The van der Waals surface area contributed by atoms with Crippen LogP contribution in [0.2, 0.25) is 0 Å². The highest BCUT2D eigenvalue weighted by molar-refractivity contribution is 7.20. The molecule has 2 aliphatic rings. The highest BCUT2D eigenvalue weighted by Gasteiger charge is 2.46. The van der Waals surface area contributed by atoms with Crippen LogP contribution in [0.3, 0.4) is 0 Å². The molecule has 7 nitrogen and oxygen atoms in total. The summed E-state index contributed by atoms with van der Waals surface area (Å²) in [5.74, 6) is 0.740. The Morgan fingerprint density at radius 3 is 2.67 bits per heavy atom. The Morgan fingerprint density at radius 2 is 1.91 bits per heavy atom. The van der Waals surface area contributed by atoms with E-state index in [0.29, 0.717) is 18.9 Å². The van der Waals surface area contributed by atoms with Gasteiger partial charge in [-0.1, -0.05) is 18.7 Å². The van der Waals surface area contributed by atoms with Crippen molar-refractivity contribution in [3.63, 3.8) is 0 Å². The number of allylic oxidation sites excluding steroid dienone is 1. The molecule has 2 aromatic heterocycles. The van der Waals surface area contributed by atoms with E-state index >= 15 is 0 Å². The molecule has 1 aromatic carbocycles. The number of carbonyl (C=O) groups excluding carboxylic acids is 2. The van der Waals surface area contributed by atoms with Crippen LogP contribution in [0.1, 0.15) is 47.8 Å². The molecule has 1 spiro atoms. The zero-order chi connectivity index (χ0) is 23.2. The van der Waals surface area contributed by atoms with Gasteiger partial charge in [0.25, 0.3) is 5.91 Å². The van der Waals surface area contributed by atoms with Crippen molar-refractivity contribution in [2.45, 2.75) is 45.1 Å². The first-order valence-corrected chi connectivity index (χ1v) is 12.3. The van der Waals surface area contributed by atoms with Crippen LogP contribution in [-0.4, -0.2) is 56.7 Å². The predicted octanol–water partition coefficient (Wildman–Crippen LogP) is 5.09. The van der Waals surface area contributed by atoms with E-state index in [9.17, 15) is 9.59 Å². The summed E-state index contributed by atoms with van der Waals surface area (Å²) in [6, 6.07) is 9.99. The number of rotatable bonds is 3. The third-order valence-corrected chi connectivity index (χ3v) is 7.90. The van der Waals surface area contributed by atoms with E-state index in [-0.39, 0.29) is 17.5 Å². The van der Waals surface area contributed by atoms with Gasteiger partial charge in [0.15, 0.2) is 5.82 Å². The second-order valence-corrected chi connectivity index (χ2v) is 10.3. The van der Waals surface area contributed by atoms with Gasteiger partial charge in [0.1, 0.15) is 0 Å². The Balaban J connectivity index is 1.28. The molecule has 33 heavy (non-hydrogen) atoms. The molecule has 8 heteroatoms. The topological polar surface area (TPSA) is 70.5 Å². The fourth-order valence-electron chi connectivity index (χ4n) is 5.13. The van der Waals surface area contributed by atoms with Crippen molar-refractivity contribution >= 4 is 39.2 Å². The van der Waals surface area contributed by atoms with Gasteiger partial charge in [0.2, 0.25) is 0 Å². The summed E-state index contributed by atoms with van der Waals surface area (Å²) < 4.78 is 2.53. The number of piperidine rings is 1. The van der Waals surface area contributed by atoms with Gasteiger partial charge in [0.05, 0.1) is 4.88 Å². The first-order chi connectivity index (χ1) is 15.8. The van der Waals surface area contributed by atoms with Crippen molar-refractivity contribution in [2.75, 3.05) is 25.0 Å². The maximum atomic E-state index is 13.5. The lowest BCUT2D eigenvalue weighted by molar-refractivity contribution is 0.0425. The van der Waals surface area contributed by atoms with Crippen molar-refractivity contribution in [1.29, 1.82) is 0 Å². The molecule has 0 bridgehead atoms. The highest BCUT2D eigenvalue weighted by Crippen LogP contribution is 2.40. The molecule has 0 unspecified atom stereocenters. The van der Waals surface area contributed by atoms with E-state index < -0.39 is 0 Å². The first kappa shape index (κ1) is 21.7. The third kappa shape index (κ3) is 4.04. The van der Waals surface area contributed by atoms with Gasteiger partial charge in [-0.25, -0.2) is 4.79 Å². The molecule has 0 radical (unpaired) electrons. The summed E-state index contributed by atoms with van der Waals surface area (Å²) in [7, 11) is 0. The largest absolute Gasteiger partial charge is 0.344 e. The van der Waals surface area contributed by atoms with E-state index in [4.69, 9.17) is 0 Å². The molecular weight excluding hydrogens is 434 g/mol. The monoisotopic (exact) mass is 463 g/mol. The van der Waals surface area contributed by atoms with E-state index in [0.717, 1.165) is 52.9 Å². The number of amides is 2. The number of anilines is 1. The van der Waals surface area contributed by atoms with Gasteiger partial charge in [-0.2, -0.15) is 4.68 Å². The molecule has 5 rings (SSSR count). The van der Waals surface area contributed by atoms with Crippen LogP contribution in [0, 0.1) is 6.92 Å². The molecule has 0 atom stereocenters. The Kier molecular flexibility index (Phi) is 5.48. The number of nitrogens with one attached hydrogen (secondary N) is 1. The van der Waals surface area contributed by atoms with E-state index in [2.05, 4.69) is 47.0 Å². The van der Waals surface area contributed by atoms with Crippen molar-refractivity contribution in [2.24, 2.45) is 0 Å². The smallest absolute Gasteiger partial charge is 0.343 e. The predicted molar refractivity (Wildman–Crippen MR) is 132 cm³/mol. The third-order valence-electron chi connectivity index (χ3n) is 6.82. The van der Waals surface area contributed by atoms with Gasteiger partial charge < -0.3 is 15.1 Å². The average Bonchev–Trinajstić information content (AvgIpc) is 3.51. The number of aromatic nitrogens is 2. The molecule has 2 fully saturated rings. The fraction of sp³-hybridized carbons (Fsp3) is 0.400. The molecule has 2 aliphatic heterocycles. The van der Waals surface area contributed by atoms with Gasteiger partial charge in [0, 0.05) is 47.8 Å². The number of likely N-dealkylation sites (tertiary alicyclic amines) is 2. The Labute approximate surface area is 197 Å². The maximum absolute atomic E-state index is 13.5. The van der Waals surface area contributed by atoms with Crippen molar-refractivity contribution in [3.8, 4) is 0 Å². The van der Waals surface area contributed by atoms with E-state index in [1.54, 1.807) is 23.6 Å². The van der Waals surface area contributed by atoms with Crippen LogP contribution < -0.4 is 5.32 Å². The number of fused-ring (bicyclic) bond motifs is 1. The lowest BCUT2D eigenvalue weighted by Gasteiger charge is -2.44. The van der Waals surface area contributed by atoms with Crippen LogP contribution in [0.5, 0.6) is 0 Å². The first-order valence-electron chi connectivity index (χ1n) is 11.4. The summed E-state index contributed by atoms with van der Waals surface area (Å²) in [5, 5.41) is 8.47. The normalized spacial score (nSPS) is 17.6. The molecule has 172 valence electrons. The molecule has 3 aromatic rings. The van der Waals surface area contributed by atoms with Gasteiger partial charge in [-0.15, -0.1) is 16.4 Å². The molecular formula is C25H29N5O2S. The van der Waals surface area contributed by atoms with Crippen LogP contribution >= 0.6 is 11.3 Å².